The van der Waals surface area contributed by atoms with Crippen LogP contribution in [0.2, 0.25) is 0 Å². The molecule has 1 aromatic carbocycles. The number of rotatable bonds is 7. The summed E-state index contributed by atoms with van der Waals surface area (Å²) >= 11 is 0. The molecule has 2 bridgehead atoms. The van der Waals surface area contributed by atoms with Crippen molar-refractivity contribution in [2.75, 3.05) is 21.3 Å². The molecule has 5 heteroatoms. The first kappa shape index (κ1) is 20.3. The van der Waals surface area contributed by atoms with Gasteiger partial charge in [-0.3, -0.25) is 0 Å². The fourth-order valence-corrected chi connectivity index (χ4v) is 7.60. The van der Waals surface area contributed by atoms with Crippen molar-refractivity contribution in [1.82, 2.24) is 5.32 Å². The monoisotopic (exact) mass is 413 g/mol. The fraction of sp³-hybridized carbons (Fsp3) is 0.680. The van der Waals surface area contributed by atoms with Gasteiger partial charge < -0.3 is 24.6 Å². The van der Waals surface area contributed by atoms with E-state index in [4.69, 9.17) is 14.2 Å². The number of nitrogens with one attached hydrogen (secondary N) is 1. The van der Waals surface area contributed by atoms with Gasteiger partial charge in [0, 0.05) is 30.0 Å². The summed E-state index contributed by atoms with van der Waals surface area (Å²) in [5, 5.41) is 14.5. The third-order valence-corrected chi connectivity index (χ3v) is 8.83. The van der Waals surface area contributed by atoms with Crippen molar-refractivity contribution in [3.8, 4) is 11.5 Å². The zero-order valence-electron chi connectivity index (χ0n) is 18.8. The summed E-state index contributed by atoms with van der Waals surface area (Å²) in [6.07, 6.45) is 9.12. The maximum absolute atomic E-state index is 10.9. The van der Waals surface area contributed by atoms with Crippen LogP contribution < -0.4 is 14.8 Å². The third-order valence-electron chi connectivity index (χ3n) is 8.83. The maximum Gasteiger partial charge on any atom is 0.166 e. The van der Waals surface area contributed by atoms with E-state index in [1.165, 1.54) is 11.1 Å². The molecule has 7 atom stereocenters. The minimum atomic E-state index is -0.652. The van der Waals surface area contributed by atoms with E-state index in [0.717, 1.165) is 43.6 Å². The Morgan fingerprint density at radius 1 is 1.30 bits per heavy atom. The average Bonchev–Trinajstić information content (AvgIpc) is 3.14. The number of benzene rings is 1. The van der Waals surface area contributed by atoms with Crippen LogP contribution in [0.5, 0.6) is 11.5 Å². The highest BCUT2D eigenvalue weighted by molar-refractivity contribution is 5.64. The predicted octanol–water partition coefficient (Wildman–Crippen LogP) is 3.37. The highest BCUT2D eigenvalue weighted by Gasteiger charge is 2.77. The standard InChI is InChI=1S/C25H35NO4/c1-6-7-10-24-20-16-8-9-18(28-4)21(20)30-22(24)25(29-5)12-11-23(24,19(13-16)26-3)14-17(25)15(2)27/h8-9,11-12,15,17,19,22,26-27H,6-7,10,13-14H2,1-5H3/t15?,17?,19?,22?,23?,24-,25?/m0/s1. The predicted molar refractivity (Wildman–Crippen MR) is 116 cm³/mol. The van der Waals surface area contributed by atoms with Gasteiger partial charge in [-0.05, 0) is 44.9 Å². The zero-order chi connectivity index (χ0) is 21.3. The number of unbranched alkanes of at least 4 members (excludes halogenated alkanes) is 1. The number of hydrogen-bond acceptors (Lipinski definition) is 5. The zero-order valence-corrected chi connectivity index (χ0v) is 18.8. The Kier molecular flexibility index (Phi) is 4.56. The van der Waals surface area contributed by atoms with Crippen molar-refractivity contribution in [2.24, 2.45) is 11.3 Å². The van der Waals surface area contributed by atoms with Gasteiger partial charge in [0.25, 0.3) is 0 Å². The van der Waals surface area contributed by atoms with E-state index in [1.807, 2.05) is 13.0 Å². The molecule has 4 aliphatic carbocycles. The molecule has 164 valence electrons. The van der Waals surface area contributed by atoms with Gasteiger partial charge in [0.2, 0.25) is 0 Å². The summed E-state index contributed by atoms with van der Waals surface area (Å²) in [6, 6.07) is 4.55. The van der Waals surface area contributed by atoms with Crippen LogP contribution >= 0.6 is 0 Å². The van der Waals surface area contributed by atoms with Crippen molar-refractivity contribution in [1.29, 1.82) is 0 Å². The molecule has 0 aromatic heterocycles. The minimum absolute atomic E-state index is 0.0232. The van der Waals surface area contributed by atoms with E-state index in [2.05, 4.69) is 37.5 Å². The van der Waals surface area contributed by atoms with E-state index >= 15 is 0 Å². The van der Waals surface area contributed by atoms with Gasteiger partial charge in [-0.2, -0.15) is 0 Å². The molecule has 30 heavy (non-hydrogen) atoms. The quantitative estimate of drug-likeness (QED) is 0.671. The Morgan fingerprint density at radius 3 is 2.73 bits per heavy atom. The summed E-state index contributed by atoms with van der Waals surface area (Å²) in [4.78, 5) is 0. The van der Waals surface area contributed by atoms with Crippen molar-refractivity contribution >= 4 is 0 Å². The number of fused-ring (bicyclic) bond motifs is 1. The third kappa shape index (κ3) is 2.09. The second-order valence-corrected chi connectivity index (χ2v) is 9.73. The lowest BCUT2D eigenvalue weighted by Crippen LogP contribution is -2.77. The van der Waals surface area contributed by atoms with E-state index < -0.39 is 11.7 Å². The number of hydrogen-bond donors (Lipinski definition) is 2. The second kappa shape index (κ2) is 6.72. The summed E-state index contributed by atoms with van der Waals surface area (Å²) in [7, 11) is 5.56. The van der Waals surface area contributed by atoms with Gasteiger partial charge in [0.1, 0.15) is 11.7 Å². The molecule has 6 unspecified atom stereocenters. The van der Waals surface area contributed by atoms with Gasteiger partial charge in [-0.25, -0.2) is 0 Å². The molecule has 1 heterocycles. The second-order valence-electron chi connectivity index (χ2n) is 9.73. The highest BCUT2D eigenvalue weighted by atomic mass is 16.6. The normalized spacial score (nSPS) is 40.8. The topological polar surface area (TPSA) is 60.0 Å². The maximum atomic E-state index is 10.9. The van der Waals surface area contributed by atoms with Gasteiger partial charge >= 0.3 is 0 Å². The molecule has 1 aliphatic heterocycles. The highest BCUT2D eigenvalue weighted by Crippen LogP contribution is 2.73. The summed E-state index contributed by atoms with van der Waals surface area (Å²) < 4.78 is 18.9. The first-order valence-electron chi connectivity index (χ1n) is 11.4. The minimum Gasteiger partial charge on any atom is -0.493 e. The number of methoxy groups -OCH3 is 2. The molecular weight excluding hydrogens is 378 g/mol. The largest absolute Gasteiger partial charge is 0.493 e. The molecule has 0 amide bonds. The number of ether oxygens (including phenoxy) is 3. The lowest BCUT2D eigenvalue weighted by molar-refractivity contribution is -0.211. The smallest absolute Gasteiger partial charge is 0.166 e. The van der Waals surface area contributed by atoms with Crippen LogP contribution in [-0.4, -0.2) is 50.2 Å². The Hall–Kier alpha value is -1.56. The van der Waals surface area contributed by atoms with Crippen molar-refractivity contribution < 1.29 is 19.3 Å². The lowest BCUT2D eigenvalue weighted by Gasteiger charge is -2.68. The van der Waals surface area contributed by atoms with Crippen LogP contribution in [-0.2, 0) is 16.6 Å². The summed E-state index contributed by atoms with van der Waals surface area (Å²) in [5.74, 6) is 1.67. The van der Waals surface area contributed by atoms with Gasteiger partial charge in [0.15, 0.2) is 11.5 Å². The van der Waals surface area contributed by atoms with Gasteiger partial charge in [-0.1, -0.05) is 38.0 Å². The number of likely N-dealkylation sites (N-methyl/N-ethyl adjacent to an activating group) is 1. The van der Waals surface area contributed by atoms with Gasteiger partial charge in [-0.15, -0.1) is 0 Å². The molecule has 5 aliphatic rings. The fourth-order valence-electron chi connectivity index (χ4n) is 7.60. The lowest BCUT2D eigenvalue weighted by atomic mass is 9.38. The molecule has 0 saturated heterocycles. The van der Waals surface area contributed by atoms with E-state index in [-0.39, 0.29) is 28.9 Å². The number of aliphatic hydroxyl groups is 1. The van der Waals surface area contributed by atoms with Crippen molar-refractivity contribution in [3.05, 3.63) is 35.4 Å². The van der Waals surface area contributed by atoms with Crippen LogP contribution in [0.1, 0.15) is 50.7 Å². The van der Waals surface area contributed by atoms with E-state index in [9.17, 15) is 5.11 Å². The molecular formula is C25H35NO4. The van der Waals surface area contributed by atoms with Crippen LogP contribution in [0.3, 0.4) is 0 Å². The average molecular weight is 414 g/mol. The molecule has 6 rings (SSSR count). The molecule has 0 radical (unpaired) electrons. The number of aliphatic hydroxyl groups excluding tert-OH is 1. The molecule has 1 spiro atoms. The Labute approximate surface area is 179 Å². The van der Waals surface area contributed by atoms with Crippen LogP contribution in [0.4, 0.5) is 0 Å². The SMILES string of the molecule is CCCC[C@]12c3c4ccc(OC)c3OC1C1(OC)C=CC2(CC1C(C)O)C(NC)C4. The van der Waals surface area contributed by atoms with E-state index in [0.29, 0.717) is 0 Å². The molecule has 1 fully saturated rings. The summed E-state index contributed by atoms with van der Waals surface area (Å²) in [5.41, 5.74) is 1.72. The molecule has 5 nitrogen and oxygen atoms in total. The Balaban J connectivity index is 1.85. The van der Waals surface area contributed by atoms with Gasteiger partial charge in [0.05, 0.1) is 18.6 Å². The summed E-state index contributed by atoms with van der Waals surface area (Å²) in [6.45, 7) is 4.15. The molecule has 2 N–H and O–H groups in total. The van der Waals surface area contributed by atoms with Crippen LogP contribution in [0, 0.1) is 11.3 Å². The Morgan fingerprint density at radius 2 is 2.10 bits per heavy atom. The van der Waals surface area contributed by atoms with Crippen LogP contribution in [0.25, 0.3) is 0 Å². The van der Waals surface area contributed by atoms with Crippen LogP contribution in [0.15, 0.2) is 24.3 Å². The molecule has 1 saturated carbocycles. The first-order valence-corrected chi connectivity index (χ1v) is 11.4. The van der Waals surface area contributed by atoms with E-state index in [1.54, 1.807) is 14.2 Å². The Bertz CT molecular complexity index is 882. The van der Waals surface area contributed by atoms with Crippen molar-refractivity contribution in [2.45, 2.75) is 75.2 Å². The first-order chi connectivity index (χ1) is 14.5. The molecule has 1 aromatic rings. The van der Waals surface area contributed by atoms with Crippen molar-refractivity contribution in [3.63, 3.8) is 0 Å².